The van der Waals surface area contributed by atoms with E-state index in [-0.39, 0.29) is 6.42 Å². The minimum absolute atomic E-state index is 0.127. The van der Waals surface area contributed by atoms with E-state index in [1.165, 1.54) is 14.0 Å². The first-order valence-corrected chi connectivity index (χ1v) is 16.3. The highest BCUT2D eigenvalue weighted by Gasteiger charge is 2.30. The SMILES string of the molecule is COC(=O)[C@@H]1CCCCc2ccc3c(c2)c2cc(ccc2n3C(=O)OC(C)(C)C)CC(NC(C)=O)C(=O)N[C@@H](CCCCN)C(=O)N1. The lowest BCUT2D eigenvalue weighted by molar-refractivity contribution is -0.145. The zero-order valence-corrected chi connectivity index (χ0v) is 27.9. The van der Waals surface area contributed by atoms with Gasteiger partial charge in [-0.15, -0.1) is 0 Å². The lowest BCUT2D eigenvalue weighted by Gasteiger charge is -2.25. The predicted molar refractivity (Wildman–Crippen MR) is 179 cm³/mol. The van der Waals surface area contributed by atoms with Gasteiger partial charge in [0.2, 0.25) is 17.7 Å². The molecule has 0 aliphatic carbocycles. The van der Waals surface area contributed by atoms with Crippen molar-refractivity contribution in [3.8, 4) is 0 Å². The summed E-state index contributed by atoms with van der Waals surface area (Å²) in [5.74, 6) is -2.02. The third-order valence-electron chi connectivity index (χ3n) is 8.19. The maximum absolute atomic E-state index is 13.7. The Morgan fingerprint density at radius 3 is 2.23 bits per heavy atom. The number of aryl methyl sites for hydroxylation is 1. The standard InChI is InChI=1S/C35H47N5O7/c1-21(41)37-28-20-23-14-16-30-25(19-23)24-18-22(13-15-29(24)40(30)34(45)47-35(2,3)4)10-6-7-12-27(33(44)46-5)39-31(42)26(38-32(28)43)11-8-9-17-36/h13-16,18-19,26-28H,6-12,17,20,36H2,1-5H3,(H,37,41)(H,38,43)(H,39,42)/t26-,27-,28?/m0/s1. The number of methoxy groups -OCH3 is 1. The van der Waals surface area contributed by atoms with E-state index in [1.54, 1.807) is 4.57 Å². The van der Waals surface area contributed by atoms with Crippen LogP contribution in [0.15, 0.2) is 36.4 Å². The van der Waals surface area contributed by atoms with Crippen LogP contribution in [0.3, 0.4) is 0 Å². The first-order valence-electron chi connectivity index (χ1n) is 16.3. The Balaban J connectivity index is 1.81. The van der Waals surface area contributed by atoms with Gasteiger partial charge in [0.1, 0.15) is 23.7 Å². The molecule has 2 heterocycles. The molecule has 3 amide bonds. The van der Waals surface area contributed by atoms with Crippen molar-refractivity contribution in [2.75, 3.05) is 13.7 Å². The summed E-state index contributed by atoms with van der Waals surface area (Å²) in [4.78, 5) is 65.5. The topological polar surface area (TPSA) is 171 Å². The number of hydrogen-bond acceptors (Lipinski definition) is 8. The number of nitrogens with zero attached hydrogens (tertiary/aromatic N) is 1. The summed E-state index contributed by atoms with van der Waals surface area (Å²) in [5, 5.41) is 9.98. The van der Waals surface area contributed by atoms with E-state index in [9.17, 15) is 24.0 Å². The predicted octanol–water partition coefficient (Wildman–Crippen LogP) is 3.62. The molecular formula is C35H47N5O7. The first kappa shape index (κ1) is 35.4. The molecule has 0 radical (unpaired) electrons. The van der Waals surface area contributed by atoms with E-state index in [1.807, 2.05) is 51.1 Å². The Bertz CT molecular complexity index is 1640. The van der Waals surface area contributed by atoms with Crippen LogP contribution < -0.4 is 21.7 Å². The van der Waals surface area contributed by atoms with Gasteiger partial charge in [0.25, 0.3) is 0 Å². The smallest absolute Gasteiger partial charge is 0.419 e. The molecule has 0 spiro atoms. The summed E-state index contributed by atoms with van der Waals surface area (Å²) in [5.41, 5.74) is 8.11. The van der Waals surface area contributed by atoms with Crippen molar-refractivity contribution >= 4 is 51.6 Å². The van der Waals surface area contributed by atoms with Crippen molar-refractivity contribution in [1.29, 1.82) is 0 Å². The van der Waals surface area contributed by atoms with Crippen LogP contribution in [0.4, 0.5) is 4.79 Å². The zero-order chi connectivity index (χ0) is 34.3. The van der Waals surface area contributed by atoms with E-state index in [2.05, 4.69) is 22.0 Å². The fourth-order valence-electron chi connectivity index (χ4n) is 5.97. The molecule has 5 N–H and O–H groups in total. The molecule has 3 aromatic rings. The Kier molecular flexibility index (Phi) is 11.6. The van der Waals surface area contributed by atoms with E-state index < -0.39 is 53.5 Å². The minimum atomic E-state index is -1.00. The van der Waals surface area contributed by atoms with E-state index in [0.29, 0.717) is 56.1 Å². The second-order valence-corrected chi connectivity index (χ2v) is 13.2. The van der Waals surface area contributed by atoms with Gasteiger partial charge in [-0.05, 0) is 101 Å². The molecule has 3 atom stereocenters. The number of amides is 3. The maximum atomic E-state index is 13.7. The van der Waals surface area contributed by atoms with Crippen molar-refractivity contribution in [1.82, 2.24) is 20.5 Å². The lowest BCUT2D eigenvalue weighted by Crippen LogP contribution is -2.56. The molecule has 1 aliphatic rings. The second-order valence-electron chi connectivity index (χ2n) is 13.2. The van der Waals surface area contributed by atoms with Crippen LogP contribution in [-0.4, -0.2) is 71.7 Å². The average molecular weight is 650 g/mol. The molecule has 47 heavy (non-hydrogen) atoms. The molecule has 2 aromatic carbocycles. The number of unbranched alkanes of at least 4 members (excludes halogenated alkanes) is 1. The van der Waals surface area contributed by atoms with Gasteiger partial charge in [-0.1, -0.05) is 18.6 Å². The van der Waals surface area contributed by atoms with Crippen LogP contribution >= 0.6 is 0 Å². The third-order valence-corrected chi connectivity index (χ3v) is 8.19. The third kappa shape index (κ3) is 9.09. The van der Waals surface area contributed by atoms with Gasteiger partial charge in [-0.3, -0.25) is 14.4 Å². The van der Waals surface area contributed by atoms with Gasteiger partial charge < -0.3 is 31.2 Å². The van der Waals surface area contributed by atoms with E-state index in [4.69, 9.17) is 15.2 Å². The number of carbonyl (C=O) groups excluding carboxylic acids is 5. The Hall–Kier alpha value is -4.45. The van der Waals surface area contributed by atoms with Gasteiger partial charge in [0, 0.05) is 24.1 Å². The summed E-state index contributed by atoms with van der Waals surface area (Å²) >= 11 is 0. The molecule has 4 rings (SSSR count). The summed E-state index contributed by atoms with van der Waals surface area (Å²) in [7, 11) is 1.27. The fraction of sp³-hybridized carbons (Fsp3) is 0.514. The maximum Gasteiger partial charge on any atom is 0.419 e. The van der Waals surface area contributed by atoms with E-state index >= 15 is 0 Å². The minimum Gasteiger partial charge on any atom is -0.467 e. The van der Waals surface area contributed by atoms with Gasteiger partial charge in [0.05, 0.1) is 18.1 Å². The summed E-state index contributed by atoms with van der Waals surface area (Å²) in [6.07, 6.45) is 3.55. The largest absolute Gasteiger partial charge is 0.467 e. The summed E-state index contributed by atoms with van der Waals surface area (Å²) in [6.45, 7) is 7.20. The van der Waals surface area contributed by atoms with Crippen molar-refractivity contribution in [3.05, 3.63) is 47.5 Å². The number of nitrogens with two attached hydrogens (primary N) is 1. The number of carbonyl (C=O) groups is 5. The van der Waals surface area contributed by atoms with Gasteiger partial charge in [-0.2, -0.15) is 0 Å². The van der Waals surface area contributed by atoms with Crippen molar-refractivity contribution in [2.45, 2.75) is 103 Å². The Labute approximate surface area is 275 Å². The normalized spacial score (nSPS) is 19.7. The lowest BCUT2D eigenvalue weighted by atomic mass is 9.99. The molecule has 254 valence electrons. The quantitative estimate of drug-likeness (QED) is 0.232. The highest BCUT2D eigenvalue weighted by molar-refractivity contribution is 6.13. The summed E-state index contributed by atoms with van der Waals surface area (Å²) in [6, 6.07) is 8.65. The van der Waals surface area contributed by atoms with E-state index in [0.717, 1.165) is 28.3 Å². The first-order chi connectivity index (χ1) is 22.3. The molecule has 12 nitrogen and oxygen atoms in total. The average Bonchev–Trinajstić information content (AvgIpc) is 3.33. The number of aromatic nitrogens is 1. The van der Waals surface area contributed by atoms with Gasteiger partial charge in [-0.25, -0.2) is 14.2 Å². The number of esters is 1. The zero-order valence-electron chi connectivity index (χ0n) is 27.9. The van der Waals surface area contributed by atoms with Crippen molar-refractivity contribution < 1.29 is 33.4 Å². The monoisotopic (exact) mass is 649 g/mol. The fourth-order valence-corrected chi connectivity index (χ4v) is 5.97. The van der Waals surface area contributed by atoms with Crippen LogP contribution in [0.1, 0.15) is 77.3 Å². The van der Waals surface area contributed by atoms with Crippen molar-refractivity contribution in [2.24, 2.45) is 5.73 Å². The Morgan fingerprint density at radius 2 is 1.62 bits per heavy atom. The molecular weight excluding hydrogens is 602 g/mol. The van der Waals surface area contributed by atoms with Crippen LogP contribution in [0.25, 0.3) is 21.8 Å². The van der Waals surface area contributed by atoms with Crippen molar-refractivity contribution in [3.63, 3.8) is 0 Å². The number of benzene rings is 2. The molecule has 1 aliphatic heterocycles. The molecule has 1 aromatic heterocycles. The molecule has 12 heteroatoms. The number of nitrogens with one attached hydrogen (secondary N) is 3. The Morgan fingerprint density at radius 1 is 0.957 bits per heavy atom. The number of rotatable bonds is 6. The molecule has 0 fully saturated rings. The molecule has 0 saturated carbocycles. The summed E-state index contributed by atoms with van der Waals surface area (Å²) < 4.78 is 12.3. The highest BCUT2D eigenvalue weighted by atomic mass is 16.6. The molecule has 0 saturated heterocycles. The number of hydrogen-bond donors (Lipinski definition) is 4. The van der Waals surface area contributed by atoms with Crippen LogP contribution in [-0.2, 0) is 41.5 Å². The van der Waals surface area contributed by atoms with Crippen LogP contribution in [0, 0.1) is 0 Å². The highest BCUT2D eigenvalue weighted by Crippen LogP contribution is 2.32. The number of ether oxygens (including phenoxy) is 2. The van der Waals surface area contributed by atoms with Gasteiger partial charge >= 0.3 is 12.1 Å². The van der Waals surface area contributed by atoms with Crippen LogP contribution in [0.2, 0.25) is 0 Å². The van der Waals surface area contributed by atoms with Gasteiger partial charge in [0.15, 0.2) is 0 Å². The number of fused-ring (bicyclic) bond motifs is 2. The molecule has 4 bridgehead atoms. The van der Waals surface area contributed by atoms with Crippen LogP contribution in [0.5, 0.6) is 0 Å². The molecule has 1 unspecified atom stereocenters. The second kappa shape index (κ2) is 15.4.